The smallest absolute Gasteiger partial charge is 0.416 e. The lowest BCUT2D eigenvalue weighted by molar-refractivity contribution is -0.137. The second-order valence-electron chi connectivity index (χ2n) is 6.65. The summed E-state index contributed by atoms with van der Waals surface area (Å²) in [6.45, 7) is 2.42. The first kappa shape index (κ1) is 25.3. The van der Waals surface area contributed by atoms with Gasteiger partial charge in [-0.05, 0) is 43.0 Å². The van der Waals surface area contributed by atoms with Crippen LogP contribution in [0.1, 0.15) is 24.8 Å². The Kier molecular flexibility index (Phi) is 10.5. The number of nitrogens with one attached hydrogen (secondary N) is 2. The van der Waals surface area contributed by atoms with Crippen LogP contribution in [-0.2, 0) is 11.0 Å². The van der Waals surface area contributed by atoms with Gasteiger partial charge in [-0.15, -0.1) is 24.0 Å². The van der Waals surface area contributed by atoms with Gasteiger partial charge < -0.3 is 20.3 Å². The van der Waals surface area contributed by atoms with E-state index in [0.717, 1.165) is 44.0 Å². The number of halogens is 4. The lowest BCUT2D eigenvalue weighted by Gasteiger charge is -2.34. The van der Waals surface area contributed by atoms with E-state index in [9.17, 15) is 18.0 Å². The molecule has 2 rings (SSSR count). The molecule has 1 saturated heterocycles. The Hall–Kier alpha value is -1.72. The number of benzene rings is 1. The second kappa shape index (κ2) is 12.1. The van der Waals surface area contributed by atoms with Crippen LogP contribution in [0, 0.1) is 5.92 Å². The van der Waals surface area contributed by atoms with Crippen LogP contribution >= 0.6 is 24.0 Å². The van der Waals surface area contributed by atoms with Gasteiger partial charge in [0.1, 0.15) is 12.4 Å². The minimum Gasteiger partial charge on any atom is -0.492 e. The highest BCUT2D eigenvalue weighted by Gasteiger charge is 2.30. The molecule has 1 aliphatic rings. The summed E-state index contributed by atoms with van der Waals surface area (Å²) < 4.78 is 43.1. The van der Waals surface area contributed by atoms with Crippen LogP contribution in [0.15, 0.2) is 29.3 Å². The number of carbonyl (C=O) groups is 1. The van der Waals surface area contributed by atoms with Gasteiger partial charge in [-0.25, -0.2) is 0 Å². The van der Waals surface area contributed by atoms with Crippen LogP contribution in [0.3, 0.4) is 0 Å². The van der Waals surface area contributed by atoms with Crippen molar-refractivity contribution in [2.75, 3.05) is 40.3 Å². The van der Waals surface area contributed by atoms with Crippen LogP contribution in [0.4, 0.5) is 13.2 Å². The number of rotatable bonds is 6. The Bertz CT molecular complexity index is 660. The maximum atomic E-state index is 12.5. The highest BCUT2D eigenvalue weighted by atomic mass is 127. The number of aliphatic imine (C=N–C) groups is 1. The van der Waals surface area contributed by atoms with Crippen molar-refractivity contribution in [1.82, 2.24) is 15.5 Å². The number of hydrogen-bond donors (Lipinski definition) is 2. The van der Waals surface area contributed by atoms with Crippen molar-refractivity contribution in [3.63, 3.8) is 0 Å². The van der Waals surface area contributed by atoms with Gasteiger partial charge in [0.15, 0.2) is 5.96 Å². The molecule has 1 heterocycles. The van der Waals surface area contributed by atoms with E-state index in [1.54, 1.807) is 14.1 Å². The number of likely N-dealkylation sites (tertiary alicyclic amines) is 1. The molecule has 0 aromatic heterocycles. The molecule has 1 fully saturated rings. The largest absolute Gasteiger partial charge is 0.492 e. The molecule has 0 atom stereocenters. The highest BCUT2D eigenvalue weighted by molar-refractivity contribution is 14.0. The lowest BCUT2D eigenvalue weighted by Crippen LogP contribution is -2.46. The van der Waals surface area contributed by atoms with Crippen LogP contribution in [-0.4, -0.2) is 57.1 Å². The van der Waals surface area contributed by atoms with Crippen LogP contribution in [0.5, 0.6) is 5.75 Å². The SMILES string of the molecule is CN=C(NCCOc1ccc(C(F)(F)F)cc1)N1CCC(CC(=O)NC)CC1.I. The molecule has 0 aliphatic carbocycles. The summed E-state index contributed by atoms with van der Waals surface area (Å²) in [5.41, 5.74) is -0.696. The zero-order valence-electron chi connectivity index (χ0n) is 16.6. The molecule has 1 aromatic carbocycles. The van der Waals surface area contributed by atoms with Gasteiger partial charge in [0.05, 0.1) is 12.1 Å². The summed E-state index contributed by atoms with van der Waals surface area (Å²) in [6, 6.07) is 4.64. The standard InChI is InChI=1S/C19H27F3N4O2.HI/c1-23-17(27)13-14-7-10-26(11-8-14)18(24-2)25-9-12-28-16-5-3-15(4-6-16)19(20,21)22;/h3-6,14H,7-13H2,1-2H3,(H,23,27)(H,24,25);1H. The average molecular weight is 528 g/mol. The molecule has 10 heteroatoms. The highest BCUT2D eigenvalue weighted by Crippen LogP contribution is 2.30. The molecule has 0 bridgehead atoms. The van der Waals surface area contributed by atoms with Crippen molar-refractivity contribution in [1.29, 1.82) is 0 Å². The van der Waals surface area contributed by atoms with Crippen LogP contribution in [0.25, 0.3) is 0 Å². The molecule has 0 saturated carbocycles. The van der Waals surface area contributed by atoms with Gasteiger partial charge in [-0.2, -0.15) is 13.2 Å². The molecular formula is C19H28F3IN4O2. The number of carbonyl (C=O) groups excluding carboxylic acids is 1. The molecule has 164 valence electrons. The quantitative estimate of drug-likeness (QED) is 0.258. The number of guanidine groups is 1. The van der Waals surface area contributed by atoms with E-state index in [1.807, 2.05) is 0 Å². The number of ether oxygens (including phenoxy) is 1. The van der Waals surface area contributed by atoms with E-state index in [0.29, 0.717) is 31.2 Å². The maximum Gasteiger partial charge on any atom is 0.416 e. The monoisotopic (exact) mass is 528 g/mol. The summed E-state index contributed by atoms with van der Waals surface area (Å²) in [5.74, 6) is 1.60. The van der Waals surface area contributed by atoms with E-state index in [-0.39, 0.29) is 29.9 Å². The minimum atomic E-state index is -4.35. The normalized spacial score (nSPS) is 15.5. The fourth-order valence-electron chi connectivity index (χ4n) is 3.12. The molecule has 0 radical (unpaired) electrons. The number of piperidine rings is 1. The molecule has 1 aliphatic heterocycles. The fraction of sp³-hybridized carbons (Fsp3) is 0.579. The van der Waals surface area contributed by atoms with E-state index >= 15 is 0 Å². The Morgan fingerprint density at radius 2 is 1.86 bits per heavy atom. The first-order valence-electron chi connectivity index (χ1n) is 9.29. The van der Waals surface area contributed by atoms with Crippen LogP contribution < -0.4 is 15.4 Å². The van der Waals surface area contributed by atoms with E-state index < -0.39 is 11.7 Å². The molecule has 0 unspecified atom stereocenters. The topological polar surface area (TPSA) is 66.0 Å². The summed E-state index contributed by atoms with van der Waals surface area (Å²) in [4.78, 5) is 17.9. The molecule has 1 amide bonds. The van der Waals surface area contributed by atoms with Crippen molar-refractivity contribution in [3.05, 3.63) is 29.8 Å². The van der Waals surface area contributed by atoms with Gasteiger partial charge in [-0.3, -0.25) is 9.79 Å². The third-order valence-electron chi connectivity index (χ3n) is 4.71. The van der Waals surface area contributed by atoms with Crippen LogP contribution in [0.2, 0.25) is 0 Å². The third kappa shape index (κ3) is 8.27. The summed E-state index contributed by atoms with van der Waals surface area (Å²) in [6.07, 6.45) is -1.94. The lowest BCUT2D eigenvalue weighted by atomic mass is 9.93. The molecule has 29 heavy (non-hydrogen) atoms. The van der Waals surface area contributed by atoms with Crippen molar-refractivity contribution in [2.24, 2.45) is 10.9 Å². The van der Waals surface area contributed by atoms with Crippen molar-refractivity contribution in [3.8, 4) is 5.75 Å². The zero-order chi connectivity index (χ0) is 20.6. The first-order valence-corrected chi connectivity index (χ1v) is 9.29. The third-order valence-corrected chi connectivity index (χ3v) is 4.71. The van der Waals surface area contributed by atoms with Gasteiger partial charge in [0, 0.05) is 33.6 Å². The zero-order valence-corrected chi connectivity index (χ0v) is 18.9. The Morgan fingerprint density at radius 1 is 1.24 bits per heavy atom. The van der Waals surface area contributed by atoms with Crippen molar-refractivity contribution < 1.29 is 22.7 Å². The van der Waals surface area contributed by atoms with E-state index in [4.69, 9.17) is 4.74 Å². The average Bonchev–Trinajstić information content (AvgIpc) is 2.68. The van der Waals surface area contributed by atoms with Gasteiger partial charge >= 0.3 is 6.18 Å². The van der Waals surface area contributed by atoms with Gasteiger partial charge in [-0.1, -0.05) is 0 Å². The van der Waals surface area contributed by atoms with Crippen molar-refractivity contribution in [2.45, 2.75) is 25.4 Å². The van der Waals surface area contributed by atoms with E-state index in [2.05, 4.69) is 20.5 Å². The predicted octanol–water partition coefficient (Wildman–Crippen LogP) is 3.13. The molecular weight excluding hydrogens is 500 g/mol. The maximum absolute atomic E-state index is 12.5. The number of amides is 1. The Labute approximate surface area is 186 Å². The fourth-order valence-corrected chi connectivity index (χ4v) is 3.12. The summed E-state index contributed by atoms with van der Waals surface area (Å²) in [5, 5.41) is 5.86. The van der Waals surface area contributed by atoms with E-state index in [1.165, 1.54) is 12.1 Å². The van der Waals surface area contributed by atoms with Gasteiger partial charge in [0.2, 0.25) is 5.91 Å². The predicted molar refractivity (Wildman–Crippen MR) is 117 cm³/mol. The molecule has 2 N–H and O–H groups in total. The van der Waals surface area contributed by atoms with Gasteiger partial charge in [0.25, 0.3) is 0 Å². The number of hydrogen-bond acceptors (Lipinski definition) is 3. The summed E-state index contributed by atoms with van der Waals surface area (Å²) in [7, 11) is 3.35. The molecule has 0 spiro atoms. The molecule has 1 aromatic rings. The molecule has 6 nitrogen and oxygen atoms in total. The minimum absolute atomic E-state index is 0. The first-order chi connectivity index (χ1) is 13.3. The summed E-state index contributed by atoms with van der Waals surface area (Å²) >= 11 is 0. The Balaban J connectivity index is 0.00000420. The van der Waals surface area contributed by atoms with Crippen molar-refractivity contribution >= 4 is 35.8 Å². The Morgan fingerprint density at radius 3 is 2.38 bits per heavy atom. The number of alkyl halides is 3. The number of nitrogens with zero attached hydrogens (tertiary/aromatic N) is 2. The second-order valence-corrected chi connectivity index (χ2v) is 6.65.